The maximum Gasteiger partial charge on any atom is 0.163 e. The molecule has 0 atom stereocenters. The summed E-state index contributed by atoms with van der Waals surface area (Å²) in [6.45, 7) is 4.18. The van der Waals surface area contributed by atoms with Gasteiger partial charge in [0.05, 0.1) is 5.56 Å². The zero-order valence-corrected chi connectivity index (χ0v) is 10.8. The van der Waals surface area contributed by atoms with Crippen LogP contribution in [0, 0.1) is 11.7 Å². The lowest BCUT2D eigenvalue weighted by Gasteiger charge is -2.05. The maximum absolute atomic E-state index is 13.8. The summed E-state index contributed by atoms with van der Waals surface area (Å²) < 4.78 is 15.4. The zero-order chi connectivity index (χ0) is 13.3. The fourth-order valence-electron chi connectivity index (χ4n) is 1.88. The average Bonchev–Trinajstić information content (AvgIpc) is 2.58. The van der Waals surface area contributed by atoms with Crippen molar-refractivity contribution in [2.24, 2.45) is 13.0 Å². The van der Waals surface area contributed by atoms with E-state index in [1.165, 1.54) is 6.07 Å². The van der Waals surface area contributed by atoms with Gasteiger partial charge in [-0.3, -0.25) is 0 Å². The number of hydrogen-bond donors (Lipinski definition) is 1. The Hall–Kier alpha value is -1.91. The van der Waals surface area contributed by atoms with Crippen LogP contribution in [0.15, 0.2) is 18.2 Å². The highest BCUT2D eigenvalue weighted by Gasteiger charge is 2.16. The Bertz CT molecular complexity index is 540. The first-order valence-corrected chi connectivity index (χ1v) is 5.93. The summed E-state index contributed by atoms with van der Waals surface area (Å²) in [5.41, 5.74) is 6.51. The molecule has 2 N–H and O–H groups in total. The molecular formula is C13H17FN4. The molecule has 0 bridgehead atoms. The van der Waals surface area contributed by atoms with Crippen LogP contribution in [0.5, 0.6) is 0 Å². The van der Waals surface area contributed by atoms with E-state index in [1.54, 1.807) is 23.9 Å². The molecule has 0 spiro atoms. The first-order chi connectivity index (χ1) is 8.49. The third-order valence-electron chi connectivity index (χ3n) is 2.67. The fraction of sp³-hybridized carbons (Fsp3) is 0.385. The third kappa shape index (κ3) is 2.34. The number of nitrogens with zero attached hydrogens (tertiary/aromatic N) is 3. The summed E-state index contributed by atoms with van der Waals surface area (Å²) in [6, 6.07) is 4.62. The fourth-order valence-corrected chi connectivity index (χ4v) is 1.88. The Balaban J connectivity index is 2.48. The molecule has 0 aliphatic carbocycles. The summed E-state index contributed by atoms with van der Waals surface area (Å²) in [5.74, 6) is 1.27. The first-order valence-electron chi connectivity index (χ1n) is 5.93. The van der Waals surface area contributed by atoms with Crippen LogP contribution in [0.4, 0.5) is 10.1 Å². The van der Waals surface area contributed by atoms with Gasteiger partial charge in [0.25, 0.3) is 0 Å². The van der Waals surface area contributed by atoms with E-state index in [1.807, 2.05) is 0 Å². The van der Waals surface area contributed by atoms with E-state index in [0.717, 1.165) is 6.42 Å². The number of aryl methyl sites for hydroxylation is 1. The molecule has 1 heterocycles. The molecule has 0 aliphatic heterocycles. The molecule has 0 fully saturated rings. The third-order valence-corrected chi connectivity index (χ3v) is 2.67. The smallest absolute Gasteiger partial charge is 0.163 e. The Morgan fingerprint density at radius 3 is 2.72 bits per heavy atom. The number of hydrogen-bond acceptors (Lipinski definition) is 3. The molecule has 0 radical (unpaired) electrons. The second-order valence-corrected chi connectivity index (χ2v) is 4.78. The van der Waals surface area contributed by atoms with Gasteiger partial charge in [0.1, 0.15) is 5.82 Å². The lowest BCUT2D eigenvalue weighted by Crippen LogP contribution is -2.00. The number of rotatable bonds is 3. The van der Waals surface area contributed by atoms with E-state index in [0.29, 0.717) is 28.8 Å². The second kappa shape index (κ2) is 4.76. The van der Waals surface area contributed by atoms with Gasteiger partial charge in [-0.15, -0.1) is 0 Å². The predicted octanol–water partition coefficient (Wildman–Crippen LogP) is 2.40. The number of nitrogen functional groups attached to an aromatic ring is 1. The highest BCUT2D eigenvalue weighted by Crippen LogP contribution is 2.27. The molecule has 5 heteroatoms. The summed E-state index contributed by atoms with van der Waals surface area (Å²) in [6.07, 6.45) is 0.766. The van der Waals surface area contributed by atoms with Crippen LogP contribution < -0.4 is 5.73 Å². The summed E-state index contributed by atoms with van der Waals surface area (Å²) >= 11 is 0. The minimum atomic E-state index is -0.374. The monoisotopic (exact) mass is 248 g/mol. The van der Waals surface area contributed by atoms with Crippen LogP contribution in [0.3, 0.4) is 0 Å². The molecule has 96 valence electrons. The molecule has 2 aromatic rings. The van der Waals surface area contributed by atoms with Crippen LogP contribution >= 0.6 is 0 Å². The van der Waals surface area contributed by atoms with Gasteiger partial charge >= 0.3 is 0 Å². The molecule has 0 aliphatic rings. The van der Waals surface area contributed by atoms with Crippen molar-refractivity contribution in [3.63, 3.8) is 0 Å². The van der Waals surface area contributed by atoms with E-state index in [-0.39, 0.29) is 5.82 Å². The van der Waals surface area contributed by atoms with Gasteiger partial charge in [0.15, 0.2) is 11.6 Å². The quantitative estimate of drug-likeness (QED) is 0.848. The van der Waals surface area contributed by atoms with E-state index in [9.17, 15) is 4.39 Å². The molecule has 0 amide bonds. The molecule has 0 saturated heterocycles. The normalized spacial score (nSPS) is 11.2. The summed E-state index contributed by atoms with van der Waals surface area (Å²) in [4.78, 5) is 4.37. The van der Waals surface area contributed by atoms with Gasteiger partial charge in [0, 0.05) is 19.2 Å². The van der Waals surface area contributed by atoms with Crippen LogP contribution in [-0.2, 0) is 13.5 Å². The highest BCUT2D eigenvalue weighted by molar-refractivity contribution is 5.72. The van der Waals surface area contributed by atoms with Crippen LogP contribution in [0.25, 0.3) is 11.4 Å². The molecular weight excluding hydrogens is 231 g/mol. The zero-order valence-electron chi connectivity index (χ0n) is 10.8. The highest BCUT2D eigenvalue weighted by atomic mass is 19.1. The van der Waals surface area contributed by atoms with Crippen LogP contribution in [0.1, 0.15) is 19.7 Å². The first kappa shape index (κ1) is 12.5. The van der Waals surface area contributed by atoms with Gasteiger partial charge in [-0.1, -0.05) is 19.9 Å². The second-order valence-electron chi connectivity index (χ2n) is 4.78. The standard InChI is InChI=1S/C13H17FN4/c1-8(2)7-11-16-13(18(3)17-11)12-9(14)5-4-6-10(12)15/h4-6,8H,7,15H2,1-3H3. The number of nitrogens with two attached hydrogens (primary N) is 1. The SMILES string of the molecule is CC(C)Cc1nc(-c2c(N)cccc2F)n(C)n1. The molecule has 1 aromatic heterocycles. The van der Waals surface area contributed by atoms with Crippen molar-refractivity contribution in [2.45, 2.75) is 20.3 Å². The van der Waals surface area contributed by atoms with Gasteiger partial charge in [-0.25, -0.2) is 14.1 Å². The number of anilines is 1. The summed E-state index contributed by atoms with van der Waals surface area (Å²) in [5, 5.41) is 4.29. The van der Waals surface area contributed by atoms with Crippen molar-refractivity contribution in [2.75, 3.05) is 5.73 Å². The van der Waals surface area contributed by atoms with Gasteiger partial charge in [0.2, 0.25) is 0 Å². The van der Waals surface area contributed by atoms with Crippen LogP contribution in [-0.4, -0.2) is 14.8 Å². The Morgan fingerprint density at radius 1 is 1.39 bits per heavy atom. The van der Waals surface area contributed by atoms with Crippen molar-refractivity contribution in [1.29, 1.82) is 0 Å². The van der Waals surface area contributed by atoms with E-state index in [4.69, 9.17) is 5.73 Å². The van der Waals surface area contributed by atoms with Crippen molar-refractivity contribution >= 4 is 5.69 Å². The van der Waals surface area contributed by atoms with E-state index in [2.05, 4.69) is 23.9 Å². The maximum atomic E-state index is 13.8. The molecule has 0 unspecified atom stereocenters. The molecule has 2 rings (SSSR count). The van der Waals surface area contributed by atoms with Gasteiger partial charge in [-0.05, 0) is 18.1 Å². The van der Waals surface area contributed by atoms with Crippen molar-refractivity contribution in [3.8, 4) is 11.4 Å². The van der Waals surface area contributed by atoms with Crippen LogP contribution in [0.2, 0.25) is 0 Å². The topological polar surface area (TPSA) is 56.7 Å². The Morgan fingerprint density at radius 2 is 2.11 bits per heavy atom. The minimum absolute atomic E-state index is 0.322. The lowest BCUT2D eigenvalue weighted by molar-refractivity contribution is 0.612. The van der Waals surface area contributed by atoms with Crippen molar-refractivity contribution in [1.82, 2.24) is 14.8 Å². The Labute approximate surface area is 106 Å². The molecule has 4 nitrogen and oxygen atoms in total. The van der Waals surface area contributed by atoms with E-state index >= 15 is 0 Å². The Kier molecular flexibility index (Phi) is 3.32. The van der Waals surface area contributed by atoms with Gasteiger partial charge in [-0.2, -0.15) is 5.10 Å². The molecule has 1 aromatic carbocycles. The largest absolute Gasteiger partial charge is 0.398 e. The van der Waals surface area contributed by atoms with Gasteiger partial charge < -0.3 is 5.73 Å². The van der Waals surface area contributed by atoms with Crippen molar-refractivity contribution < 1.29 is 4.39 Å². The van der Waals surface area contributed by atoms with E-state index < -0.39 is 0 Å². The molecule has 18 heavy (non-hydrogen) atoms. The van der Waals surface area contributed by atoms with Crippen molar-refractivity contribution in [3.05, 3.63) is 29.8 Å². The minimum Gasteiger partial charge on any atom is -0.398 e. The summed E-state index contributed by atoms with van der Waals surface area (Å²) in [7, 11) is 1.75. The predicted molar refractivity (Wildman–Crippen MR) is 69.4 cm³/mol. The average molecular weight is 248 g/mol. The number of aromatic nitrogens is 3. The number of halogens is 1. The number of benzene rings is 1. The molecule has 0 saturated carbocycles. The lowest BCUT2D eigenvalue weighted by atomic mass is 10.1.